The molecule has 25 heavy (non-hydrogen) atoms. The molecule has 6 nitrogen and oxygen atoms in total. The Kier molecular flexibility index (Phi) is 5.21. The van der Waals surface area contributed by atoms with E-state index < -0.39 is 5.82 Å². The van der Waals surface area contributed by atoms with Crippen LogP contribution in [0.15, 0.2) is 30.6 Å². The molecule has 1 aromatic heterocycles. The van der Waals surface area contributed by atoms with Gasteiger partial charge >= 0.3 is 6.03 Å². The quantitative estimate of drug-likeness (QED) is 0.889. The molecule has 1 saturated heterocycles. The molecule has 0 bridgehead atoms. The Morgan fingerprint density at radius 3 is 3.04 bits per heavy atom. The molecule has 2 N–H and O–H groups in total. The minimum absolute atomic E-state index is 0.0300. The largest absolute Gasteiger partial charge is 0.494 e. The van der Waals surface area contributed by atoms with Crippen molar-refractivity contribution in [2.75, 3.05) is 13.7 Å². The van der Waals surface area contributed by atoms with Gasteiger partial charge in [0.1, 0.15) is 0 Å². The monoisotopic (exact) mass is 346 g/mol. The summed E-state index contributed by atoms with van der Waals surface area (Å²) in [5.74, 6) is -0.242. The number of benzene rings is 1. The van der Waals surface area contributed by atoms with Crippen LogP contribution in [0, 0.1) is 5.82 Å². The van der Waals surface area contributed by atoms with Gasteiger partial charge in [-0.3, -0.25) is 5.10 Å². The summed E-state index contributed by atoms with van der Waals surface area (Å²) in [6.07, 6.45) is 6.60. The first-order valence-corrected chi connectivity index (χ1v) is 8.49. The van der Waals surface area contributed by atoms with Crippen molar-refractivity contribution in [2.45, 2.75) is 38.3 Å². The highest BCUT2D eigenvalue weighted by atomic mass is 19.1. The molecule has 0 spiro atoms. The molecule has 1 aliphatic rings. The SMILES string of the molecule is COc1cc([C@@H](C)NC(=O)N2CCCC[C@H]2c2cn[nH]c2)ccc1F. The molecule has 0 aliphatic carbocycles. The number of hydrogen-bond acceptors (Lipinski definition) is 3. The number of ether oxygens (including phenoxy) is 1. The standard InChI is InChI=1S/C18H23FN4O2/c1-12(13-6-7-15(19)17(9-13)25-2)22-18(24)23-8-4-3-5-16(23)14-10-20-21-11-14/h6-7,9-12,16H,3-5,8H2,1-2H3,(H,20,21)(H,22,24)/t12-,16+/m1/s1. The van der Waals surface area contributed by atoms with Gasteiger partial charge in [0.15, 0.2) is 11.6 Å². The van der Waals surface area contributed by atoms with E-state index in [1.165, 1.54) is 13.2 Å². The number of aromatic amines is 1. The van der Waals surface area contributed by atoms with Gasteiger partial charge in [-0.05, 0) is 43.9 Å². The average Bonchev–Trinajstić information content (AvgIpc) is 3.16. The van der Waals surface area contributed by atoms with Gasteiger partial charge in [-0.2, -0.15) is 5.10 Å². The van der Waals surface area contributed by atoms with Crippen LogP contribution in [-0.2, 0) is 0 Å². The Morgan fingerprint density at radius 2 is 2.32 bits per heavy atom. The minimum Gasteiger partial charge on any atom is -0.494 e. The molecule has 0 unspecified atom stereocenters. The van der Waals surface area contributed by atoms with E-state index in [1.54, 1.807) is 18.3 Å². The van der Waals surface area contributed by atoms with E-state index in [2.05, 4.69) is 15.5 Å². The third-order valence-corrected chi connectivity index (χ3v) is 4.68. The normalized spacial score (nSPS) is 18.7. The van der Waals surface area contributed by atoms with Crippen molar-refractivity contribution in [3.8, 4) is 5.75 Å². The smallest absolute Gasteiger partial charge is 0.318 e. The number of methoxy groups -OCH3 is 1. The summed E-state index contributed by atoms with van der Waals surface area (Å²) in [6.45, 7) is 2.59. The van der Waals surface area contributed by atoms with Gasteiger partial charge in [0.2, 0.25) is 0 Å². The first-order chi connectivity index (χ1) is 12.1. The van der Waals surface area contributed by atoms with Gasteiger partial charge in [-0.1, -0.05) is 6.07 Å². The summed E-state index contributed by atoms with van der Waals surface area (Å²) in [7, 11) is 1.43. The van der Waals surface area contributed by atoms with E-state index in [-0.39, 0.29) is 23.9 Å². The van der Waals surface area contributed by atoms with Crippen LogP contribution in [0.2, 0.25) is 0 Å². The van der Waals surface area contributed by atoms with Crippen LogP contribution in [0.5, 0.6) is 5.75 Å². The maximum absolute atomic E-state index is 13.6. The van der Waals surface area contributed by atoms with Crippen molar-refractivity contribution in [2.24, 2.45) is 0 Å². The first-order valence-electron chi connectivity index (χ1n) is 8.49. The topological polar surface area (TPSA) is 70.2 Å². The highest BCUT2D eigenvalue weighted by Gasteiger charge is 2.29. The summed E-state index contributed by atoms with van der Waals surface area (Å²) >= 11 is 0. The van der Waals surface area contributed by atoms with E-state index in [9.17, 15) is 9.18 Å². The third kappa shape index (κ3) is 3.75. The Morgan fingerprint density at radius 1 is 1.48 bits per heavy atom. The number of urea groups is 1. The number of nitrogens with zero attached hydrogens (tertiary/aromatic N) is 2. The zero-order valence-corrected chi connectivity index (χ0v) is 14.5. The number of rotatable bonds is 4. The lowest BCUT2D eigenvalue weighted by Crippen LogP contribution is -2.45. The lowest BCUT2D eigenvalue weighted by molar-refractivity contribution is 0.149. The lowest BCUT2D eigenvalue weighted by atomic mass is 9.98. The number of carbonyl (C=O) groups excluding carboxylic acids is 1. The van der Waals surface area contributed by atoms with E-state index in [0.717, 1.165) is 30.4 Å². The Balaban J connectivity index is 1.71. The second-order valence-electron chi connectivity index (χ2n) is 6.30. The summed E-state index contributed by atoms with van der Waals surface area (Å²) < 4.78 is 18.6. The average molecular weight is 346 g/mol. The fraction of sp³-hybridized carbons (Fsp3) is 0.444. The second kappa shape index (κ2) is 7.55. The van der Waals surface area contributed by atoms with Crippen LogP contribution in [0.1, 0.15) is 49.4 Å². The molecule has 2 heterocycles. The van der Waals surface area contributed by atoms with Gasteiger partial charge in [-0.25, -0.2) is 9.18 Å². The number of H-pyrrole nitrogens is 1. The van der Waals surface area contributed by atoms with Crippen LogP contribution in [0.3, 0.4) is 0 Å². The van der Waals surface area contributed by atoms with Crippen LogP contribution in [0.4, 0.5) is 9.18 Å². The summed E-state index contributed by atoms with van der Waals surface area (Å²) in [4.78, 5) is 14.6. The number of aromatic nitrogens is 2. The number of amides is 2. The fourth-order valence-corrected chi connectivity index (χ4v) is 3.26. The lowest BCUT2D eigenvalue weighted by Gasteiger charge is -2.36. The van der Waals surface area contributed by atoms with Crippen molar-refractivity contribution in [1.29, 1.82) is 0 Å². The highest BCUT2D eigenvalue weighted by Crippen LogP contribution is 2.31. The molecule has 0 radical (unpaired) electrons. The fourth-order valence-electron chi connectivity index (χ4n) is 3.26. The van der Waals surface area contributed by atoms with E-state index in [0.29, 0.717) is 6.54 Å². The third-order valence-electron chi connectivity index (χ3n) is 4.68. The number of nitrogens with one attached hydrogen (secondary N) is 2. The van der Waals surface area contributed by atoms with E-state index >= 15 is 0 Å². The van der Waals surface area contributed by atoms with Crippen molar-refractivity contribution >= 4 is 6.03 Å². The van der Waals surface area contributed by atoms with E-state index in [4.69, 9.17) is 4.74 Å². The first kappa shape index (κ1) is 17.3. The molecule has 2 amide bonds. The predicted octanol–water partition coefficient (Wildman–Crippen LogP) is 3.56. The Labute approximate surface area is 146 Å². The van der Waals surface area contributed by atoms with Crippen molar-refractivity contribution in [1.82, 2.24) is 20.4 Å². The summed E-state index contributed by atoms with van der Waals surface area (Å²) in [6, 6.07) is 4.28. The molecule has 7 heteroatoms. The van der Waals surface area contributed by atoms with Crippen LogP contribution in [-0.4, -0.2) is 34.8 Å². The van der Waals surface area contributed by atoms with Crippen LogP contribution >= 0.6 is 0 Å². The maximum Gasteiger partial charge on any atom is 0.318 e. The van der Waals surface area contributed by atoms with Gasteiger partial charge in [0, 0.05) is 18.3 Å². The van der Waals surface area contributed by atoms with Gasteiger partial charge < -0.3 is 15.0 Å². The summed E-state index contributed by atoms with van der Waals surface area (Å²) in [5.41, 5.74) is 1.81. The number of piperidine rings is 1. The van der Waals surface area contributed by atoms with Gasteiger partial charge in [0.25, 0.3) is 0 Å². The maximum atomic E-state index is 13.6. The highest BCUT2D eigenvalue weighted by molar-refractivity contribution is 5.75. The number of carbonyl (C=O) groups is 1. The minimum atomic E-state index is -0.416. The van der Waals surface area contributed by atoms with Crippen molar-refractivity contribution in [3.05, 3.63) is 47.5 Å². The Hall–Kier alpha value is -2.57. The summed E-state index contributed by atoms with van der Waals surface area (Å²) in [5, 5.41) is 9.81. The molecular weight excluding hydrogens is 323 g/mol. The molecule has 3 rings (SSSR count). The van der Waals surface area contributed by atoms with Crippen LogP contribution < -0.4 is 10.1 Å². The zero-order valence-electron chi connectivity index (χ0n) is 14.5. The molecule has 2 atom stereocenters. The predicted molar refractivity (Wildman–Crippen MR) is 91.8 cm³/mol. The van der Waals surface area contributed by atoms with Gasteiger partial charge in [0.05, 0.1) is 25.4 Å². The number of halogens is 1. The molecule has 1 aliphatic heterocycles. The van der Waals surface area contributed by atoms with Crippen LogP contribution in [0.25, 0.3) is 0 Å². The molecular formula is C18H23FN4O2. The van der Waals surface area contributed by atoms with Crippen molar-refractivity contribution < 1.29 is 13.9 Å². The molecule has 1 fully saturated rings. The second-order valence-corrected chi connectivity index (χ2v) is 6.30. The van der Waals surface area contributed by atoms with Gasteiger partial charge in [-0.15, -0.1) is 0 Å². The zero-order chi connectivity index (χ0) is 17.8. The number of likely N-dealkylation sites (tertiary alicyclic amines) is 1. The van der Waals surface area contributed by atoms with E-state index in [1.807, 2.05) is 18.0 Å². The molecule has 0 saturated carbocycles. The number of hydrogen-bond donors (Lipinski definition) is 2. The molecule has 1 aromatic carbocycles. The van der Waals surface area contributed by atoms with Crippen molar-refractivity contribution in [3.63, 3.8) is 0 Å². The Bertz CT molecular complexity index is 720. The molecule has 134 valence electrons. The molecule has 2 aromatic rings.